The normalized spacial score (nSPS) is 57.6. The van der Waals surface area contributed by atoms with Gasteiger partial charge in [0.1, 0.15) is 0 Å². The predicted molar refractivity (Wildman–Crippen MR) is 113 cm³/mol. The summed E-state index contributed by atoms with van der Waals surface area (Å²) < 4.78 is 0. The van der Waals surface area contributed by atoms with Crippen molar-refractivity contribution < 1.29 is 0 Å². The maximum Gasteiger partial charge on any atom is -0.0349 e. The average Bonchev–Trinajstić information content (AvgIpc) is 2.65. The van der Waals surface area contributed by atoms with Crippen LogP contribution in [0.15, 0.2) is 0 Å². The average molecular weight is 369 g/mol. The Bertz CT molecular complexity index is 550. The second kappa shape index (κ2) is 6.77. The zero-order chi connectivity index (χ0) is 18.1. The van der Waals surface area contributed by atoms with Crippen LogP contribution in [0.1, 0.15) is 97.3 Å². The molecule has 0 aromatic heterocycles. The fraction of sp³-hybridized carbons (Fsp3) is 1.00. The van der Waals surface area contributed by atoms with Crippen molar-refractivity contribution in [2.24, 2.45) is 71.0 Å². The standard InChI is InChI=1S/C27H44/c1-3-5-23-19-9-17-11-21(15-19)25(27(23)13-17)7-6-24-20-10-16-8-18(14-20)22(4-2)26(24)12-16/h16-27H,3-15H2,1-2H3. The molecule has 8 rings (SSSR count). The fourth-order valence-corrected chi connectivity index (χ4v) is 11.1. The van der Waals surface area contributed by atoms with E-state index in [1.54, 1.807) is 70.6 Å². The van der Waals surface area contributed by atoms with Gasteiger partial charge in [0, 0.05) is 0 Å². The molecule has 8 fully saturated rings. The molecule has 0 nitrogen and oxygen atoms in total. The SMILES string of the molecule is CCCC1C2CC3CC(C2)C(CCC2C4CC5CC(C4)C(CC)C2C5)C1C3. The molecule has 8 aliphatic rings. The van der Waals surface area contributed by atoms with Gasteiger partial charge in [-0.25, -0.2) is 0 Å². The first-order valence-electron chi connectivity index (χ1n) is 13.2. The number of hydrogen-bond donors (Lipinski definition) is 0. The minimum atomic E-state index is 1.12. The first-order chi connectivity index (χ1) is 13.2. The van der Waals surface area contributed by atoms with E-state index in [-0.39, 0.29) is 0 Å². The third-order valence-electron chi connectivity index (χ3n) is 11.5. The van der Waals surface area contributed by atoms with Crippen molar-refractivity contribution in [2.45, 2.75) is 97.3 Å². The lowest BCUT2D eigenvalue weighted by Gasteiger charge is -2.61. The number of hydrogen-bond acceptors (Lipinski definition) is 0. The first kappa shape index (κ1) is 17.8. The van der Waals surface area contributed by atoms with E-state index in [0.717, 1.165) is 71.0 Å². The molecule has 8 saturated carbocycles. The van der Waals surface area contributed by atoms with E-state index in [9.17, 15) is 0 Å². The summed E-state index contributed by atoms with van der Waals surface area (Å²) in [6.45, 7) is 4.95. The Morgan fingerprint density at radius 2 is 0.926 bits per heavy atom. The Hall–Kier alpha value is 0. The molecular weight excluding hydrogens is 324 g/mol. The second-order valence-electron chi connectivity index (χ2n) is 12.4. The Labute approximate surface area is 168 Å². The molecule has 0 aromatic rings. The molecule has 0 amide bonds. The predicted octanol–water partition coefficient (Wildman–Crippen LogP) is 7.57. The Balaban J connectivity index is 1.17. The van der Waals surface area contributed by atoms with Crippen LogP contribution in [-0.2, 0) is 0 Å². The summed E-state index contributed by atoms with van der Waals surface area (Å²) in [6.07, 6.45) is 20.8. The van der Waals surface area contributed by atoms with Crippen LogP contribution < -0.4 is 0 Å². The lowest BCUT2D eigenvalue weighted by atomic mass is 9.45. The van der Waals surface area contributed by atoms with Gasteiger partial charge in [0.2, 0.25) is 0 Å². The Morgan fingerprint density at radius 3 is 1.41 bits per heavy atom. The zero-order valence-corrected chi connectivity index (χ0v) is 18.1. The van der Waals surface area contributed by atoms with Crippen LogP contribution in [0.5, 0.6) is 0 Å². The maximum atomic E-state index is 2.51. The highest BCUT2D eigenvalue weighted by Crippen LogP contribution is 2.64. The molecule has 12 unspecified atom stereocenters. The third-order valence-corrected chi connectivity index (χ3v) is 11.5. The van der Waals surface area contributed by atoms with Crippen molar-refractivity contribution in [3.05, 3.63) is 0 Å². The molecule has 0 saturated heterocycles. The summed E-state index contributed by atoms with van der Waals surface area (Å²) in [7, 11) is 0. The van der Waals surface area contributed by atoms with Crippen molar-refractivity contribution in [1.29, 1.82) is 0 Å². The van der Waals surface area contributed by atoms with E-state index in [1.165, 1.54) is 12.8 Å². The van der Waals surface area contributed by atoms with E-state index >= 15 is 0 Å². The summed E-state index contributed by atoms with van der Waals surface area (Å²) in [6, 6.07) is 0. The summed E-state index contributed by atoms with van der Waals surface area (Å²) >= 11 is 0. The minimum Gasteiger partial charge on any atom is -0.0654 e. The van der Waals surface area contributed by atoms with Crippen LogP contribution in [0, 0.1) is 71.0 Å². The maximum absolute atomic E-state index is 2.51. The van der Waals surface area contributed by atoms with Gasteiger partial charge in [0.25, 0.3) is 0 Å². The molecule has 0 spiro atoms. The van der Waals surface area contributed by atoms with Crippen LogP contribution in [0.3, 0.4) is 0 Å². The molecule has 12 atom stereocenters. The van der Waals surface area contributed by atoms with Gasteiger partial charge in [0.05, 0.1) is 0 Å². The summed E-state index contributed by atoms with van der Waals surface area (Å²) in [4.78, 5) is 0. The quantitative estimate of drug-likeness (QED) is 0.453. The molecule has 0 aromatic carbocycles. The van der Waals surface area contributed by atoms with Gasteiger partial charge in [-0.05, 0) is 135 Å². The highest BCUT2D eigenvalue weighted by molar-refractivity contribution is 5.04. The molecule has 0 heterocycles. The van der Waals surface area contributed by atoms with Crippen molar-refractivity contribution in [3.63, 3.8) is 0 Å². The van der Waals surface area contributed by atoms with Gasteiger partial charge < -0.3 is 0 Å². The minimum absolute atomic E-state index is 1.12. The molecule has 8 bridgehead atoms. The molecule has 0 radical (unpaired) electrons. The van der Waals surface area contributed by atoms with E-state index in [2.05, 4.69) is 13.8 Å². The topological polar surface area (TPSA) is 0 Å². The molecule has 0 N–H and O–H groups in total. The first-order valence-corrected chi connectivity index (χ1v) is 13.2. The van der Waals surface area contributed by atoms with Crippen LogP contribution in [-0.4, -0.2) is 0 Å². The lowest BCUT2D eigenvalue weighted by molar-refractivity contribution is -0.110. The highest BCUT2D eigenvalue weighted by atomic mass is 14.6. The third kappa shape index (κ3) is 2.73. The molecule has 8 aliphatic carbocycles. The van der Waals surface area contributed by atoms with E-state index in [0.29, 0.717) is 0 Å². The monoisotopic (exact) mass is 368 g/mol. The van der Waals surface area contributed by atoms with Gasteiger partial charge in [0.15, 0.2) is 0 Å². The molecular formula is C27H44. The Morgan fingerprint density at radius 1 is 0.481 bits per heavy atom. The van der Waals surface area contributed by atoms with Gasteiger partial charge >= 0.3 is 0 Å². The zero-order valence-electron chi connectivity index (χ0n) is 18.1. The van der Waals surface area contributed by atoms with E-state index < -0.39 is 0 Å². The largest absolute Gasteiger partial charge is 0.0654 e. The summed E-state index contributed by atoms with van der Waals surface area (Å²) in [5.74, 6) is 13.7. The van der Waals surface area contributed by atoms with Gasteiger partial charge in [-0.1, -0.05) is 33.1 Å². The fourth-order valence-electron chi connectivity index (χ4n) is 11.1. The van der Waals surface area contributed by atoms with E-state index in [1.807, 2.05) is 0 Å². The molecule has 27 heavy (non-hydrogen) atoms. The highest BCUT2D eigenvalue weighted by Gasteiger charge is 2.55. The summed E-state index contributed by atoms with van der Waals surface area (Å²) in [5.41, 5.74) is 0. The van der Waals surface area contributed by atoms with Crippen molar-refractivity contribution in [1.82, 2.24) is 0 Å². The second-order valence-corrected chi connectivity index (χ2v) is 12.4. The van der Waals surface area contributed by atoms with E-state index in [4.69, 9.17) is 0 Å². The molecule has 0 aliphatic heterocycles. The van der Waals surface area contributed by atoms with Gasteiger partial charge in [-0.2, -0.15) is 0 Å². The summed E-state index contributed by atoms with van der Waals surface area (Å²) in [5, 5.41) is 0. The number of rotatable bonds is 6. The van der Waals surface area contributed by atoms with Crippen LogP contribution in [0.4, 0.5) is 0 Å². The van der Waals surface area contributed by atoms with Crippen LogP contribution >= 0.6 is 0 Å². The molecule has 152 valence electrons. The molecule has 0 heteroatoms. The van der Waals surface area contributed by atoms with Crippen molar-refractivity contribution in [3.8, 4) is 0 Å². The lowest BCUT2D eigenvalue weighted by Crippen LogP contribution is -2.52. The van der Waals surface area contributed by atoms with Crippen molar-refractivity contribution in [2.75, 3.05) is 0 Å². The van der Waals surface area contributed by atoms with Crippen molar-refractivity contribution >= 4 is 0 Å². The van der Waals surface area contributed by atoms with Crippen LogP contribution in [0.25, 0.3) is 0 Å². The smallest absolute Gasteiger partial charge is 0.0349 e. The van der Waals surface area contributed by atoms with Gasteiger partial charge in [-0.3, -0.25) is 0 Å². The van der Waals surface area contributed by atoms with Gasteiger partial charge in [-0.15, -0.1) is 0 Å². The Kier molecular flexibility index (Phi) is 4.47. The van der Waals surface area contributed by atoms with Crippen LogP contribution in [0.2, 0.25) is 0 Å².